The highest BCUT2D eigenvalue weighted by Crippen LogP contribution is 2.36. The summed E-state index contributed by atoms with van der Waals surface area (Å²) in [4.78, 5) is 3.75. The lowest BCUT2D eigenvalue weighted by Gasteiger charge is -2.32. The zero-order chi connectivity index (χ0) is 29.2. The Morgan fingerprint density at radius 1 is 1.41 bits per heavy atom. The molecule has 3 rings (SSSR count). The molecule has 4 nitrogen and oxygen atoms in total. The first kappa shape index (κ1) is 5.78. The van der Waals surface area contributed by atoms with Crippen molar-refractivity contribution in [2.75, 3.05) is 17.9 Å². The van der Waals surface area contributed by atoms with Gasteiger partial charge in [0.25, 0.3) is 0 Å². The van der Waals surface area contributed by atoms with E-state index in [1.54, 1.807) is 27.7 Å². The molecule has 0 aliphatic carbocycles. The second-order valence-electron chi connectivity index (χ2n) is 5.97. The van der Waals surface area contributed by atoms with Gasteiger partial charge in [-0.25, -0.2) is 4.98 Å². The summed E-state index contributed by atoms with van der Waals surface area (Å²) in [6.07, 6.45) is -7.77. The molecule has 2 fully saturated rings. The first-order chi connectivity index (χ1) is 16.1. The van der Waals surface area contributed by atoms with Crippen molar-refractivity contribution in [3.05, 3.63) is 18.1 Å². The van der Waals surface area contributed by atoms with Gasteiger partial charge in [-0.1, -0.05) is 12.9 Å². The zero-order valence-electron chi connectivity index (χ0n) is 27.8. The molecule has 0 aromatic carbocycles. The maximum atomic E-state index is 8.55. The molecule has 1 atom stereocenters. The minimum Gasteiger partial charge on any atom is -0.398 e. The van der Waals surface area contributed by atoms with Gasteiger partial charge in [0, 0.05) is 29.4 Å². The summed E-state index contributed by atoms with van der Waals surface area (Å²) in [5.74, 6) is -5.05. The van der Waals surface area contributed by atoms with E-state index in [1.807, 2.05) is 0 Å². The van der Waals surface area contributed by atoms with Crippen LogP contribution < -0.4 is 10.5 Å². The normalized spacial score (nSPS) is 50.3. The van der Waals surface area contributed by atoms with E-state index in [-0.39, 0.29) is 4.90 Å². The van der Waals surface area contributed by atoms with E-state index >= 15 is 0 Å². The lowest BCUT2D eigenvalue weighted by Crippen LogP contribution is -2.41. The van der Waals surface area contributed by atoms with Gasteiger partial charge >= 0.3 is 7.12 Å². The molecule has 0 N–H and O–H groups in total. The molecule has 2 saturated heterocycles. The Balaban J connectivity index is 2.39. The third-order valence-corrected chi connectivity index (χ3v) is 3.86. The Labute approximate surface area is 155 Å². The van der Waals surface area contributed by atoms with E-state index in [4.69, 9.17) is 29.9 Å². The summed E-state index contributed by atoms with van der Waals surface area (Å²) in [5.41, 5.74) is -2.42. The van der Waals surface area contributed by atoms with E-state index in [1.165, 1.54) is 0 Å². The molecule has 120 valence electrons. The van der Waals surface area contributed by atoms with Crippen LogP contribution in [-0.4, -0.2) is 36.3 Å². The quantitative estimate of drug-likeness (QED) is 0.786. The smallest absolute Gasteiger partial charge is 0.398 e. The second-order valence-corrected chi connectivity index (χ2v) is 5.97. The molecule has 3 heterocycles. The average molecular weight is 317 g/mol. The number of pyridine rings is 1. The van der Waals surface area contributed by atoms with Crippen LogP contribution in [0.15, 0.2) is 18.1 Å². The van der Waals surface area contributed by atoms with Crippen molar-refractivity contribution >= 4 is 18.5 Å². The first-order valence-corrected chi connectivity index (χ1v) is 6.79. The lowest BCUT2D eigenvalue weighted by atomic mass is 9.84. The number of hydrogen-bond acceptors (Lipinski definition) is 4. The van der Waals surface area contributed by atoms with Gasteiger partial charge in [0.05, 0.1) is 20.9 Å². The summed E-state index contributed by atoms with van der Waals surface area (Å²) in [6, 6.07) is -2.65. The van der Waals surface area contributed by atoms with Crippen molar-refractivity contribution < 1.29 is 29.9 Å². The fraction of sp³-hybridized carbons (Fsp3) is 0.706. The van der Waals surface area contributed by atoms with Gasteiger partial charge in [0.2, 0.25) is 0 Å². The molecule has 0 amide bonds. The highest BCUT2D eigenvalue weighted by Gasteiger charge is 2.52. The van der Waals surface area contributed by atoms with Gasteiger partial charge in [-0.15, -0.1) is 0 Å². The van der Waals surface area contributed by atoms with Crippen molar-refractivity contribution in [3.8, 4) is 0 Å². The minimum absolute atomic E-state index is 0.213. The van der Waals surface area contributed by atoms with Gasteiger partial charge < -0.3 is 14.2 Å². The Morgan fingerprint density at radius 2 is 2.14 bits per heavy atom. The topological polar surface area (TPSA) is 34.6 Å². The molecule has 0 bridgehead atoms. The summed E-state index contributed by atoms with van der Waals surface area (Å²) < 4.78 is 135. The lowest BCUT2D eigenvalue weighted by molar-refractivity contribution is 0.00578. The Kier molecular flexibility index (Phi) is 1.45. The third-order valence-electron chi connectivity index (χ3n) is 3.86. The van der Waals surface area contributed by atoms with Gasteiger partial charge in [0.15, 0.2) is 0 Å². The van der Waals surface area contributed by atoms with Crippen molar-refractivity contribution in [2.45, 2.75) is 58.5 Å². The van der Waals surface area contributed by atoms with Crippen LogP contribution in [0, 0.1) is 5.89 Å². The third kappa shape index (κ3) is 2.89. The largest absolute Gasteiger partial charge is 0.514 e. The second kappa shape index (κ2) is 5.53. The summed E-state index contributed by atoms with van der Waals surface area (Å²) in [7, 11) is -1.45. The number of hydrogen-bond donors (Lipinski definition) is 0. The molecule has 2 aliphatic rings. The highest BCUT2D eigenvalue weighted by molar-refractivity contribution is 6.61. The van der Waals surface area contributed by atoms with E-state index in [2.05, 4.69) is 4.98 Å². The van der Waals surface area contributed by atoms with Crippen LogP contribution in [0.2, 0.25) is 0 Å². The van der Waals surface area contributed by atoms with Crippen molar-refractivity contribution in [1.82, 2.24) is 4.98 Å². The Morgan fingerprint density at radius 3 is 2.82 bits per heavy atom. The van der Waals surface area contributed by atoms with Crippen LogP contribution in [0.3, 0.4) is 0 Å². The SMILES string of the molecule is [2H]c1c(B2OC(C)(C)C(C)(C)O2)nc(N2C([2H])([2H])C([2H])([2H])C([2H])([2H])C([2H])(C([2H])([2H])[2H])C2([2H])[2H])c([2H])c1[2H]. The number of rotatable bonds is 2. The van der Waals surface area contributed by atoms with Crippen molar-refractivity contribution in [3.63, 3.8) is 0 Å². The summed E-state index contributed by atoms with van der Waals surface area (Å²) >= 11 is 0. The fourth-order valence-electron chi connectivity index (χ4n) is 1.91. The van der Waals surface area contributed by atoms with E-state index in [9.17, 15) is 0 Å². The van der Waals surface area contributed by atoms with Gasteiger partial charge in [-0.2, -0.15) is 0 Å². The molecular formula is C17H27BN2O2. The Bertz CT molecular complexity index is 1110. The maximum Gasteiger partial charge on any atom is 0.514 e. The number of piperidine rings is 1. The molecule has 1 aromatic rings. The molecule has 2 aliphatic heterocycles. The first-order valence-electron chi connectivity index (χ1n) is 14.3. The van der Waals surface area contributed by atoms with Crippen molar-refractivity contribution in [1.29, 1.82) is 0 Å². The highest BCUT2D eigenvalue weighted by atomic mass is 16.7. The van der Waals surface area contributed by atoms with E-state index < -0.39 is 86.3 Å². The fourth-order valence-corrected chi connectivity index (χ4v) is 1.91. The monoisotopic (exact) mass is 317 g/mol. The molecule has 0 spiro atoms. The summed E-state index contributed by atoms with van der Waals surface area (Å²) in [5, 5.41) is 0. The van der Waals surface area contributed by atoms with Gasteiger partial charge in [0.1, 0.15) is 5.82 Å². The average Bonchev–Trinajstić information content (AvgIpc) is 2.91. The predicted molar refractivity (Wildman–Crippen MR) is 90.6 cm³/mol. The Hall–Kier alpha value is -1.07. The van der Waals surface area contributed by atoms with Crippen LogP contribution in [0.25, 0.3) is 0 Å². The van der Waals surface area contributed by atoms with Crippen molar-refractivity contribution in [2.24, 2.45) is 5.89 Å². The van der Waals surface area contributed by atoms with E-state index in [0.717, 1.165) is 0 Å². The number of aromatic nitrogens is 1. The predicted octanol–water partition coefficient (Wildman–Crippen LogP) is 2.62. The number of anilines is 1. The van der Waals surface area contributed by atoms with Crippen LogP contribution in [0.1, 0.15) is 67.9 Å². The van der Waals surface area contributed by atoms with Crippen LogP contribution in [0.4, 0.5) is 5.82 Å². The maximum absolute atomic E-state index is 8.55. The number of nitrogens with zero attached hydrogens (tertiary/aromatic N) is 2. The van der Waals surface area contributed by atoms with Crippen LogP contribution >= 0.6 is 0 Å². The van der Waals surface area contributed by atoms with Gasteiger partial charge in [-0.05, 0) is 58.4 Å². The molecule has 22 heavy (non-hydrogen) atoms. The van der Waals surface area contributed by atoms with Crippen LogP contribution in [0.5, 0.6) is 0 Å². The van der Waals surface area contributed by atoms with Crippen LogP contribution in [-0.2, 0) is 9.31 Å². The molecule has 1 unspecified atom stereocenters. The minimum atomic E-state index is -3.94. The molecule has 0 saturated carbocycles. The molecular weight excluding hydrogens is 275 g/mol. The standard InChI is InChI=1S/C17H27BN2O2/c1-13-8-7-11-20(12-13)15-10-6-9-14(19-15)18-21-16(2,3)17(4,5)22-18/h6,9-10,13H,7-8,11-12H2,1-5H3/i1D3,6D,7D2,8D2,9D,10D,11D2,12D2,13D. The van der Waals surface area contributed by atoms with E-state index in [0.29, 0.717) is 0 Å². The molecule has 1 aromatic heterocycles. The zero-order valence-corrected chi connectivity index (χ0v) is 12.8. The summed E-state index contributed by atoms with van der Waals surface area (Å²) in [6.45, 7) is -4.76. The molecule has 5 heteroatoms. The molecule has 0 radical (unpaired) electrons. The van der Waals surface area contributed by atoms with Gasteiger partial charge in [-0.3, -0.25) is 0 Å².